The molecular weight excluding hydrogens is 379 g/mol. The maximum Gasteiger partial charge on any atom is 0.358 e. The van der Waals surface area contributed by atoms with Crippen LogP contribution in [0, 0.1) is 0 Å². The van der Waals surface area contributed by atoms with Gasteiger partial charge in [0, 0.05) is 6.20 Å². The third-order valence-electron chi connectivity index (χ3n) is 2.46. The molecule has 3 nitrogen and oxygen atoms in total. The Kier molecular flexibility index (Phi) is 5.58. The first kappa shape index (κ1) is 16.7. The second kappa shape index (κ2) is 7.03. The van der Waals surface area contributed by atoms with Gasteiger partial charge < -0.3 is 4.74 Å². The summed E-state index contributed by atoms with van der Waals surface area (Å²) in [4.78, 5) is 15.7. The first-order valence-electron chi connectivity index (χ1n) is 5.50. The van der Waals surface area contributed by atoms with Gasteiger partial charge in [-0.3, -0.25) is 0 Å². The average molecular weight is 385 g/mol. The van der Waals surface area contributed by atoms with Crippen molar-refractivity contribution in [3.8, 4) is 0 Å². The van der Waals surface area contributed by atoms with Gasteiger partial charge in [0.1, 0.15) is 6.61 Å². The highest BCUT2D eigenvalue weighted by Crippen LogP contribution is 2.31. The summed E-state index contributed by atoms with van der Waals surface area (Å²) < 4.78 is 5.10. The molecule has 0 N–H and O–H groups in total. The predicted octanol–water partition coefficient (Wildman–Crippen LogP) is 5.71. The van der Waals surface area contributed by atoms with Crippen LogP contribution in [-0.2, 0) is 11.3 Å². The third kappa shape index (κ3) is 3.93. The van der Waals surface area contributed by atoms with Crippen molar-refractivity contribution in [1.82, 2.24) is 4.98 Å². The van der Waals surface area contributed by atoms with E-state index in [-0.39, 0.29) is 27.4 Å². The van der Waals surface area contributed by atoms with Gasteiger partial charge in [-0.05, 0) is 17.7 Å². The largest absolute Gasteiger partial charge is 0.456 e. The number of esters is 1. The van der Waals surface area contributed by atoms with Crippen molar-refractivity contribution in [2.45, 2.75) is 6.61 Å². The van der Waals surface area contributed by atoms with Crippen LogP contribution in [0.4, 0.5) is 0 Å². The number of hydrogen-bond acceptors (Lipinski definition) is 3. The van der Waals surface area contributed by atoms with Crippen LogP contribution in [0.1, 0.15) is 16.1 Å². The number of aromatic nitrogens is 1. The zero-order valence-electron chi connectivity index (χ0n) is 10.2. The molecule has 0 fully saturated rings. The van der Waals surface area contributed by atoms with Gasteiger partial charge in [0.15, 0.2) is 5.69 Å². The molecule has 0 bridgehead atoms. The molecule has 2 rings (SSSR count). The van der Waals surface area contributed by atoms with Crippen LogP contribution in [0.2, 0.25) is 25.1 Å². The summed E-state index contributed by atoms with van der Waals surface area (Å²) in [6.07, 6.45) is 1.23. The molecule has 0 radical (unpaired) electrons. The van der Waals surface area contributed by atoms with E-state index in [2.05, 4.69) is 4.98 Å². The lowest BCUT2D eigenvalue weighted by atomic mass is 10.2. The summed E-state index contributed by atoms with van der Waals surface area (Å²) in [5, 5.41) is 0.942. The first-order chi connectivity index (χ1) is 9.90. The van der Waals surface area contributed by atoms with Crippen molar-refractivity contribution >= 4 is 64.0 Å². The fourth-order valence-electron chi connectivity index (χ4n) is 1.43. The minimum atomic E-state index is -0.718. The standard InChI is InChI=1S/C13H6Cl5NO2/c14-7-2-1-6(3-8(7)15)5-21-13(20)12-11(18)10(17)9(16)4-19-12/h1-4H,5H2. The SMILES string of the molecule is O=C(OCc1ccc(Cl)c(Cl)c1)c1ncc(Cl)c(Cl)c1Cl. The van der Waals surface area contributed by atoms with E-state index in [0.29, 0.717) is 15.6 Å². The normalized spacial score (nSPS) is 10.5. The molecule has 0 atom stereocenters. The van der Waals surface area contributed by atoms with Gasteiger partial charge >= 0.3 is 5.97 Å². The Morgan fingerprint density at radius 1 is 1.00 bits per heavy atom. The van der Waals surface area contributed by atoms with Gasteiger partial charge in [0.25, 0.3) is 0 Å². The summed E-state index contributed by atoms with van der Waals surface area (Å²) >= 11 is 29.1. The number of carbonyl (C=O) groups excluding carboxylic acids is 1. The molecular formula is C13H6Cl5NO2. The number of carbonyl (C=O) groups is 1. The van der Waals surface area contributed by atoms with Crippen molar-refractivity contribution in [2.75, 3.05) is 0 Å². The van der Waals surface area contributed by atoms with Crippen molar-refractivity contribution < 1.29 is 9.53 Å². The van der Waals surface area contributed by atoms with Gasteiger partial charge in [0.2, 0.25) is 0 Å². The van der Waals surface area contributed by atoms with E-state index < -0.39 is 5.97 Å². The second-order valence-electron chi connectivity index (χ2n) is 3.91. The highest BCUT2D eigenvalue weighted by molar-refractivity contribution is 6.48. The Bertz CT molecular complexity index is 705. The maximum absolute atomic E-state index is 11.9. The quantitative estimate of drug-likeness (QED) is 0.636. The summed E-state index contributed by atoms with van der Waals surface area (Å²) in [7, 11) is 0. The molecule has 0 unspecified atom stereocenters. The number of rotatable bonds is 3. The zero-order chi connectivity index (χ0) is 15.6. The minimum Gasteiger partial charge on any atom is -0.456 e. The van der Waals surface area contributed by atoms with Crippen molar-refractivity contribution in [3.63, 3.8) is 0 Å². The molecule has 0 aliphatic carbocycles. The lowest BCUT2D eigenvalue weighted by Gasteiger charge is -2.08. The number of halogens is 5. The first-order valence-corrected chi connectivity index (χ1v) is 7.39. The Balaban J connectivity index is 2.12. The van der Waals surface area contributed by atoms with Crippen LogP contribution in [0.15, 0.2) is 24.4 Å². The van der Waals surface area contributed by atoms with E-state index in [1.54, 1.807) is 18.2 Å². The topological polar surface area (TPSA) is 39.2 Å². The Hall–Kier alpha value is -0.710. The van der Waals surface area contributed by atoms with E-state index in [9.17, 15) is 4.79 Å². The van der Waals surface area contributed by atoms with Crippen LogP contribution < -0.4 is 0 Å². The molecule has 1 aromatic carbocycles. The molecule has 2 aromatic rings. The average Bonchev–Trinajstić information content (AvgIpc) is 2.46. The van der Waals surface area contributed by atoms with Crippen molar-refractivity contribution in [1.29, 1.82) is 0 Å². The molecule has 1 aromatic heterocycles. The van der Waals surface area contributed by atoms with E-state index >= 15 is 0 Å². The smallest absolute Gasteiger partial charge is 0.358 e. The monoisotopic (exact) mass is 383 g/mol. The van der Waals surface area contributed by atoms with Gasteiger partial charge in [-0.25, -0.2) is 9.78 Å². The van der Waals surface area contributed by atoms with Gasteiger partial charge in [-0.1, -0.05) is 64.1 Å². The van der Waals surface area contributed by atoms with E-state index in [4.69, 9.17) is 62.7 Å². The highest BCUT2D eigenvalue weighted by atomic mass is 35.5. The fraction of sp³-hybridized carbons (Fsp3) is 0.0769. The lowest BCUT2D eigenvalue weighted by molar-refractivity contribution is 0.0466. The molecule has 0 saturated heterocycles. The van der Waals surface area contributed by atoms with E-state index in [1.807, 2.05) is 0 Å². The number of ether oxygens (including phenoxy) is 1. The van der Waals surface area contributed by atoms with E-state index in [0.717, 1.165) is 0 Å². The molecule has 110 valence electrons. The summed E-state index contributed by atoms with van der Waals surface area (Å²) in [6.45, 7) is -0.00598. The van der Waals surface area contributed by atoms with Gasteiger partial charge in [-0.15, -0.1) is 0 Å². The molecule has 0 amide bonds. The molecule has 0 saturated carbocycles. The zero-order valence-corrected chi connectivity index (χ0v) is 13.9. The number of pyridine rings is 1. The van der Waals surface area contributed by atoms with Crippen LogP contribution in [0.3, 0.4) is 0 Å². The van der Waals surface area contributed by atoms with Gasteiger partial charge in [0.05, 0.1) is 25.1 Å². The second-order valence-corrected chi connectivity index (χ2v) is 5.88. The highest BCUT2D eigenvalue weighted by Gasteiger charge is 2.18. The third-order valence-corrected chi connectivity index (χ3v) is 4.44. The molecule has 0 spiro atoms. The molecule has 8 heteroatoms. The Morgan fingerprint density at radius 2 is 1.71 bits per heavy atom. The maximum atomic E-state index is 11.9. The van der Waals surface area contributed by atoms with Gasteiger partial charge in [-0.2, -0.15) is 0 Å². The number of hydrogen-bond donors (Lipinski definition) is 0. The molecule has 1 heterocycles. The van der Waals surface area contributed by atoms with Crippen LogP contribution in [0.5, 0.6) is 0 Å². The minimum absolute atomic E-state index is 0.00598. The Labute approximate surface area is 145 Å². The lowest BCUT2D eigenvalue weighted by Crippen LogP contribution is -2.08. The van der Waals surface area contributed by atoms with Crippen molar-refractivity contribution in [3.05, 3.63) is 60.8 Å². The number of nitrogens with zero attached hydrogens (tertiary/aromatic N) is 1. The molecule has 21 heavy (non-hydrogen) atoms. The van der Waals surface area contributed by atoms with Crippen molar-refractivity contribution in [2.24, 2.45) is 0 Å². The Morgan fingerprint density at radius 3 is 2.38 bits per heavy atom. The summed E-state index contributed by atoms with van der Waals surface area (Å²) in [6, 6.07) is 4.89. The van der Waals surface area contributed by atoms with Crippen LogP contribution in [-0.4, -0.2) is 11.0 Å². The summed E-state index contributed by atoms with van der Waals surface area (Å²) in [5.74, 6) is -0.718. The number of benzene rings is 1. The summed E-state index contributed by atoms with van der Waals surface area (Å²) in [5.41, 5.74) is 0.570. The molecule has 0 aliphatic rings. The van der Waals surface area contributed by atoms with Crippen LogP contribution in [0.25, 0.3) is 0 Å². The van der Waals surface area contributed by atoms with E-state index in [1.165, 1.54) is 6.20 Å². The van der Waals surface area contributed by atoms with Crippen LogP contribution >= 0.6 is 58.0 Å². The predicted molar refractivity (Wildman–Crippen MR) is 84.8 cm³/mol. The molecule has 0 aliphatic heterocycles. The fourth-order valence-corrected chi connectivity index (χ4v) is 2.31.